The Labute approximate surface area is 171 Å². The molecule has 4 heteroatoms. The maximum Gasteiger partial charge on any atom is 0.119 e. The first-order valence-corrected chi connectivity index (χ1v) is 10.3. The third-order valence-electron chi connectivity index (χ3n) is 5.38. The third-order valence-corrected chi connectivity index (χ3v) is 5.38. The normalized spacial score (nSPS) is 11.6. The number of fused-ring (bicyclic) bond motifs is 3. The van der Waals surface area contributed by atoms with Crippen LogP contribution >= 0.6 is 0 Å². The SMILES string of the molecule is O=Nc1ccc2c(c1)Cc1cc(OCCCCCCNc3ccccc3)ccc1-2. The van der Waals surface area contributed by atoms with Crippen LogP contribution in [0.25, 0.3) is 11.1 Å². The molecule has 0 unspecified atom stereocenters. The lowest BCUT2D eigenvalue weighted by Crippen LogP contribution is -2.02. The van der Waals surface area contributed by atoms with E-state index in [0.717, 1.165) is 31.7 Å². The van der Waals surface area contributed by atoms with Crippen LogP contribution in [0.1, 0.15) is 36.8 Å². The van der Waals surface area contributed by atoms with Crippen LogP contribution in [0.2, 0.25) is 0 Å². The first-order valence-electron chi connectivity index (χ1n) is 10.3. The molecule has 0 aromatic heterocycles. The minimum absolute atomic E-state index is 0.493. The maximum atomic E-state index is 10.8. The van der Waals surface area contributed by atoms with Gasteiger partial charge in [0.25, 0.3) is 0 Å². The summed E-state index contributed by atoms with van der Waals surface area (Å²) in [5.74, 6) is 0.927. The monoisotopic (exact) mass is 386 g/mol. The summed E-state index contributed by atoms with van der Waals surface area (Å²) in [7, 11) is 0. The zero-order valence-electron chi connectivity index (χ0n) is 16.6. The third kappa shape index (κ3) is 4.83. The number of benzene rings is 3. The zero-order chi connectivity index (χ0) is 19.9. The minimum atomic E-state index is 0.493. The predicted octanol–water partition coefficient (Wildman–Crippen LogP) is 6.71. The van der Waals surface area contributed by atoms with Gasteiger partial charge in [0, 0.05) is 12.2 Å². The summed E-state index contributed by atoms with van der Waals surface area (Å²) in [5, 5.41) is 6.49. The van der Waals surface area contributed by atoms with Gasteiger partial charge in [-0.25, -0.2) is 0 Å². The molecule has 4 nitrogen and oxygen atoms in total. The minimum Gasteiger partial charge on any atom is -0.494 e. The average molecular weight is 386 g/mol. The van der Waals surface area contributed by atoms with Crippen LogP contribution in [-0.4, -0.2) is 13.2 Å². The summed E-state index contributed by atoms with van der Waals surface area (Å²) in [6.45, 7) is 1.76. The van der Waals surface area contributed by atoms with Crippen molar-refractivity contribution in [3.05, 3.63) is 82.8 Å². The van der Waals surface area contributed by atoms with Gasteiger partial charge in [-0.3, -0.25) is 0 Å². The van der Waals surface area contributed by atoms with Crippen molar-refractivity contribution in [3.63, 3.8) is 0 Å². The number of para-hydroxylation sites is 1. The summed E-state index contributed by atoms with van der Waals surface area (Å²) in [5.41, 5.74) is 6.53. The van der Waals surface area contributed by atoms with Gasteiger partial charge in [0.2, 0.25) is 0 Å². The quantitative estimate of drug-likeness (QED) is 0.243. The fraction of sp³-hybridized carbons (Fsp3) is 0.280. The van der Waals surface area contributed by atoms with Crippen molar-refractivity contribution in [2.75, 3.05) is 18.5 Å². The van der Waals surface area contributed by atoms with Gasteiger partial charge in [-0.1, -0.05) is 43.2 Å². The van der Waals surface area contributed by atoms with Gasteiger partial charge >= 0.3 is 0 Å². The van der Waals surface area contributed by atoms with Gasteiger partial charge in [0.15, 0.2) is 0 Å². The van der Waals surface area contributed by atoms with Crippen LogP contribution in [0, 0.1) is 4.91 Å². The predicted molar refractivity (Wildman–Crippen MR) is 119 cm³/mol. The molecule has 4 rings (SSSR count). The summed E-state index contributed by atoms with van der Waals surface area (Å²) >= 11 is 0. The Balaban J connectivity index is 1.17. The number of nitrogens with zero attached hydrogens (tertiary/aromatic N) is 1. The molecule has 1 aliphatic carbocycles. The Hall–Kier alpha value is -3.14. The lowest BCUT2D eigenvalue weighted by molar-refractivity contribution is 0.305. The second-order valence-corrected chi connectivity index (χ2v) is 7.48. The molecule has 148 valence electrons. The summed E-state index contributed by atoms with van der Waals surface area (Å²) in [6.07, 6.45) is 5.45. The van der Waals surface area contributed by atoms with Gasteiger partial charge in [0.1, 0.15) is 11.4 Å². The highest BCUT2D eigenvalue weighted by molar-refractivity contribution is 5.78. The fourth-order valence-corrected chi connectivity index (χ4v) is 3.88. The molecule has 3 aromatic carbocycles. The molecular weight excluding hydrogens is 360 g/mol. The maximum absolute atomic E-state index is 10.8. The standard InChI is InChI=1S/C25H26N2O2/c28-27-22-10-12-24-19(17-22)16-20-18-23(11-13-25(20)24)29-15-7-2-1-6-14-26-21-8-4-3-5-9-21/h3-5,8-13,17-18,26H,1-2,6-7,14-16H2. The van der Waals surface area contributed by atoms with Crippen molar-refractivity contribution in [2.24, 2.45) is 5.18 Å². The number of nitrogens with one attached hydrogen (secondary N) is 1. The lowest BCUT2D eigenvalue weighted by atomic mass is 10.1. The molecule has 3 aromatic rings. The molecule has 1 N–H and O–H groups in total. The molecular formula is C25H26N2O2. The van der Waals surface area contributed by atoms with E-state index in [9.17, 15) is 4.91 Å². The van der Waals surface area contributed by atoms with Gasteiger partial charge < -0.3 is 10.1 Å². The van der Waals surface area contributed by atoms with Crippen molar-refractivity contribution in [1.82, 2.24) is 0 Å². The molecule has 0 saturated heterocycles. The number of ether oxygens (including phenoxy) is 1. The summed E-state index contributed by atoms with van der Waals surface area (Å²) in [6, 6.07) is 22.3. The van der Waals surface area contributed by atoms with E-state index in [2.05, 4.69) is 46.9 Å². The lowest BCUT2D eigenvalue weighted by Gasteiger charge is -2.09. The van der Waals surface area contributed by atoms with E-state index < -0.39 is 0 Å². The Morgan fingerprint density at radius 2 is 1.59 bits per heavy atom. The summed E-state index contributed by atoms with van der Waals surface area (Å²) < 4.78 is 5.97. The number of hydrogen-bond donors (Lipinski definition) is 1. The van der Waals surface area contributed by atoms with Gasteiger partial charge in [-0.2, -0.15) is 0 Å². The molecule has 0 atom stereocenters. The molecule has 29 heavy (non-hydrogen) atoms. The van der Waals surface area contributed by atoms with E-state index in [0.29, 0.717) is 5.69 Å². The van der Waals surface area contributed by atoms with Crippen molar-refractivity contribution in [3.8, 4) is 16.9 Å². The Morgan fingerprint density at radius 3 is 2.41 bits per heavy atom. The van der Waals surface area contributed by atoms with Crippen molar-refractivity contribution < 1.29 is 4.74 Å². The second kappa shape index (κ2) is 9.37. The number of hydrogen-bond acceptors (Lipinski definition) is 4. The smallest absolute Gasteiger partial charge is 0.119 e. The van der Waals surface area contributed by atoms with E-state index >= 15 is 0 Å². The van der Waals surface area contributed by atoms with Crippen LogP contribution in [0.5, 0.6) is 5.75 Å². The molecule has 0 spiro atoms. The summed E-state index contributed by atoms with van der Waals surface area (Å²) in [4.78, 5) is 10.8. The highest BCUT2D eigenvalue weighted by atomic mass is 16.5. The number of unbranched alkanes of at least 4 members (excludes halogenated alkanes) is 3. The van der Waals surface area contributed by atoms with Crippen LogP contribution in [0.3, 0.4) is 0 Å². The molecule has 0 saturated carbocycles. The van der Waals surface area contributed by atoms with Crippen molar-refractivity contribution >= 4 is 11.4 Å². The van der Waals surface area contributed by atoms with Crippen LogP contribution in [-0.2, 0) is 6.42 Å². The topological polar surface area (TPSA) is 50.7 Å². The molecule has 1 aliphatic rings. The Kier molecular flexibility index (Phi) is 6.20. The molecule has 0 radical (unpaired) electrons. The molecule has 0 heterocycles. The highest BCUT2D eigenvalue weighted by Gasteiger charge is 2.19. The Bertz CT molecular complexity index is 970. The highest BCUT2D eigenvalue weighted by Crippen LogP contribution is 2.39. The van der Waals surface area contributed by atoms with E-state index in [4.69, 9.17) is 4.74 Å². The van der Waals surface area contributed by atoms with Crippen LogP contribution in [0.4, 0.5) is 11.4 Å². The average Bonchev–Trinajstić information content (AvgIpc) is 3.13. The number of rotatable bonds is 10. The second-order valence-electron chi connectivity index (χ2n) is 7.48. The molecule has 0 amide bonds. The van der Waals surface area contributed by atoms with E-state index in [1.54, 1.807) is 6.07 Å². The van der Waals surface area contributed by atoms with E-state index in [1.165, 1.54) is 47.2 Å². The Morgan fingerprint density at radius 1 is 0.828 bits per heavy atom. The molecule has 0 bridgehead atoms. The van der Waals surface area contributed by atoms with Crippen molar-refractivity contribution in [1.29, 1.82) is 0 Å². The largest absolute Gasteiger partial charge is 0.494 e. The van der Waals surface area contributed by atoms with Crippen LogP contribution in [0.15, 0.2) is 71.9 Å². The van der Waals surface area contributed by atoms with Gasteiger partial charge in [-0.15, -0.1) is 4.91 Å². The van der Waals surface area contributed by atoms with E-state index in [1.807, 2.05) is 24.3 Å². The molecule has 0 aliphatic heterocycles. The van der Waals surface area contributed by atoms with Crippen molar-refractivity contribution in [2.45, 2.75) is 32.1 Å². The zero-order valence-corrected chi connectivity index (χ0v) is 16.6. The first kappa shape index (κ1) is 19.2. The van der Waals surface area contributed by atoms with Crippen LogP contribution < -0.4 is 10.1 Å². The number of nitroso groups, excluding NO2 is 1. The van der Waals surface area contributed by atoms with E-state index in [-0.39, 0.29) is 0 Å². The molecule has 0 fully saturated rings. The first-order chi connectivity index (χ1) is 14.3. The van der Waals surface area contributed by atoms with Gasteiger partial charge in [-0.05, 0) is 83.1 Å². The fourth-order valence-electron chi connectivity index (χ4n) is 3.88. The number of anilines is 1. The van der Waals surface area contributed by atoms with Gasteiger partial charge in [0.05, 0.1) is 6.61 Å².